The van der Waals surface area contributed by atoms with Crippen molar-refractivity contribution in [1.82, 2.24) is 9.55 Å². The zero-order valence-electron chi connectivity index (χ0n) is 10.1. The van der Waals surface area contributed by atoms with Gasteiger partial charge in [0, 0.05) is 37.9 Å². The third-order valence-corrected chi connectivity index (χ3v) is 3.79. The van der Waals surface area contributed by atoms with Gasteiger partial charge in [-0.2, -0.15) is 0 Å². The molecule has 1 aromatic heterocycles. The van der Waals surface area contributed by atoms with Gasteiger partial charge in [-0.1, -0.05) is 15.9 Å². The number of alkyl halides is 1. The first-order chi connectivity index (χ1) is 8.22. The Morgan fingerprint density at radius 1 is 1.59 bits per heavy atom. The summed E-state index contributed by atoms with van der Waals surface area (Å²) in [6, 6.07) is 0. The number of rotatable bonds is 3. The van der Waals surface area contributed by atoms with E-state index in [0.29, 0.717) is 11.7 Å². The van der Waals surface area contributed by atoms with Gasteiger partial charge in [-0.3, -0.25) is 4.79 Å². The van der Waals surface area contributed by atoms with Gasteiger partial charge in [-0.15, -0.1) is 0 Å². The lowest BCUT2D eigenvalue weighted by molar-refractivity contribution is 0.405. The maximum absolute atomic E-state index is 12.0. The predicted molar refractivity (Wildman–Crippen MR) is 72.8 cm³/mol. The number of hydrogen-bond donors (Lipinski definition) is 0. The summed E-state index contributed by atoms with van der Waals surface area (Å²) in [5, 5.41) is 1.03. The largest absolute Gasteiger partial charge is 0.352 e. The van der Waals surface area contributed by atoms with Crippen molar-refractivity contribution in [1.29, 1.82) is 0 Å². The molecule has 1 aliphatic heterocycles. The fourth-order valence-corrected chi connectivity index (χ4v) is 3.00. The lowest BCUT2D eigenvalue weighted by Crippen LogP contribution is -2.40. The molecular weight excluding hydrogens is 282 g/mol. The first kappa shape index (κ1) is 12.6. The van der Waals surface area contributed by atoms with Gasteiger partial charge in [0.05, 0.1) is 0 Å². The lowest BCUT2D eigenvalue weighted by atomic mass is 9.96. The Labute approximate surface area is 110 Å². The zero-order valence-corrected chi connectivity index (χ0v) is 11.7. The van der Waals surface area contributed by atoms with Crippen LogP contribution in [0.4, 0.5) is 5.82 Å². The standard InChI is InChI=1S/C12H18BrN3O/c1-15-8-6-14-11(12(15)17)16-7-2-3-10(9-16)4-5-13/h6,8,10H,2-5,7,9H2,1H3. The molecule has 0 saturated carbocycles. The van der Waals surface area contributed by atoms with E-state index in [9.17, 15) is 4.79 Å². The van der Waals surface area contributed by atoms with Crippen molar-refractivity contribution in [2.45, 2.75) is 19.3 Å². The van der Waals surface area contributed by atoms with Gasteiger partial charge < -0.3 is 9.47 Å². The molecule has 1 atom stereocenters. The van der Waals surface area contributed by atoms with Crippen LogP contribution in [0.25, 0.3) is 0 Å². The normalized spacial score (nSPS) is 20.6. The Morgan fingerprint density at radius 2 is 2.41 bits per heavy atom. The van der Waals surface area contributed by atoms with Gasteiger partial charge in [0.1, 0.15) is 0 Å². The number of hydrogen-bond acceptors (Lipinski definition) is 3. The van der Waals surface area contributed by atoms with Crippen molar-refractivity contribution >= 4 is 21.7 Å². The molecule has 0 aliphatic carbocycles. The monoisotopic (exact) mass is 299 g/mol. The van der Waals surface area contributed by atoms with Crippen LogP contribution in [-0.2, 0) is 7.05 Å². The molecule has 0 spiro atoms. The Morgan fingerprint density at radius 3 is 3.18 bits per heavy atom. The van der Waals surface area contributed by atoms with E-state index in [2.05, 4.69) is 25.8 Å². The Hall–Kier alpha value is -0.840. The van der Waals surface area contributed by atoms with Gasteiger partial charge in [0.25, 0.3) is 5.56 Å². The summed E-state index contributed by atoms with van der Waals surface area (Å²) in [5.74, 6) is 1.28. The van der Waals surface area contributed by atoms with Crippen molar-refractivity contribution in [2.24, 2.45) is 13.0 Å². The van der Waals surface area contributed by atoms with Gasteiger partial charge in [0.15, 0.2) is 5.82 Å². The molecule has 1 aliphatic rings. The number of anilines is 1. The second kappa shape index (κ2) is 5.67. The molecule has 5 heteroatoms. The predicted octanol–water partition coefficient (Wildman–Crippen LogP) is 1.78. The summed E-state index contributed by atoms with van der Waals surface area (Å²) in [6.07, 6.45) is 6.98. The highest BCUT2D eigenvalue weighted by Gasteiger charge is 2.22. The molecule has 2 rings (SSSR count). The molecule has 17 heavy (non-hydrogen) atoms. The second-order valence-corrected chi connectivity index (χ2v) is 5.39. The topological polar surface area (TPSA) is 38.1 Å². The summed E-state index contributed by atoms with van der Waals surface area (Å²) >= 11 is 3.49. The Kier molecular flexibility index (Phi) is 4.20. The van der Waals surface area contributed by atoms with Crippen molar-refractivity contribution in [3.8, 4) is 0 Å². The number of halogens is 1. The van der Waals surface area contributed by atoms with Crippen molar-refractivity contribution in [2.75, 3.05) is 23.3 Å². The smallest absolute Gasteiger partial charge is 0.293 e. The van der Waals surface area contributed by atoms with Crippen LogP contribution >= 0.6 is 15.9 Å². The molecule has 1 aromatic rings. The minimum atomic E-state index is 0.00647. The summed E-state index contributed by atoms with van der Waals surface area (Å²) in [6.45, 7) is 1.91. The van der Waals surface area contributed by atoms with E-state index in [1.807, 2.05) is 0 Å². The quantitative estimate of drug-likeness (QED) is 0.799. The van der Waals surface area contributed by atoms with Crippen LogP contribution < -0.4 is 10.5 Å². The van der Waals surface area contributed by atoms with E-state index in [1.54, 1.807) is 24.0 Å². The molecule has 2 heterocycles. The van der Waals surface area contributed by atoms with E-state index >= 15 is 0 Å². The first-order valence-corrected chi connectivity index (χ1v) is 7.17. The summed E-state index contributed by atoms with van der Waals surface area (Å²) < 4.78 is 1.59. The highest BCUT2D eigenvalue weighted by atomic mass is 79.9. The van der Waals surface area contributed by atoms with Crippen molar-refractivity contribution in [3.05, 3.63) is 22.7 Å². The molecular formula is C12H18BrN3O. The molecule has 1 saturated heterocycles. The number of aryl methyl sites for hydroxylation is 1. The average molecular weight is 300 g/mol. The molecule has 0 N–H and O–H groups in total. The number of nitrogens with zero attached hydrogens (tertiary/aromatic N) is 3. The van der Waals surface area contributed by atoms with Crippen molar-refractivity contribution in [3.63, 3.8) is 0 Å². The molecule has 0 radical (unpaired) electrons. The van der Waals surface area contributed by atoms with E-state index in [1.165, 1.54) is 12.8 Å². The van der Waals surface area contributed by atoms with Crippen LogP contribution in [0.15, 0.2) is 17.2 Å². The maximum Gasteiger partial charge on any atom is 0.293 e. The van der Waals surface area contributed by atoms with E-state index in [0.717, 1.165) is 24.8 Å². The summed E-state index contributed by atoms with van der Waals surface area (Å²) in [4.78, 5) is 18.4. The fourth-order valence-electron chi connectivity index (χ4n) is 2.35. The minimum absolute atomic E-state index is 0.00647. The minimum Gasteiger partial charge on any atom is -0.352 e. The maximum atomic E-state index is 12.0. The van der Waals surface area contributed by atoms with Crippen LogP contribution in [0.3, 0.4) is 0 Å². The first-order valence-electron chi connectivity index (χ1n) is 6.05. The van der Waals surface area contributed by atoms with Crippen LogP contribution in [0.2, 0.25) is 0 Å². The summed E-state index contributed by atoms with van der Waals surface area (Å²) in [7, 11) is 1.77. The van der Waals surface area contributed by atoms with E-state index in [4.69, 9.17) is 0 Å². The van der Waals surface area contributed by atoms with Crippen LogP contribution in [0.5, 0.6) is 0 Å². The van der Waals surface area contributed by atoms with Gasteiger partial charge in [0.2, 0.25) is 0 Å². The molecule has 4 nitrogen and oxygen atoms in total. The highest BCUT2D eigenvalue weighted by molar-refractivity contribution is 9.09. The summed E-state index contributed by atoms with van der Waals surface area (Å²) in [5.41, 5.74) is 0.00647. The Balaban J connectivity index is 2.16. The van der Waals surface area contributed by atoms with Crippen molar-refractivity contribution < 1.29 is 0 Å². The number of piperidine rings is 1. The van der Waals surface area contributed by atoms with Gasteiger partial charge in [-0.05, 0) is 25.2 Å². The van der Waals surface area contributed by atoms with E-state index < -0.39 is 0 Å². The van der Waals surface area contributed by atoms with Crippen LogP contribution in [-0.4, -0.2) is 28.0 Å². The molecule has 1 fully saturated rings. The molecule has 0 bridgehead atoms. The lowest BCUT2D eigenvalue weighted by Gasteiger charge is -2.32. The average Bonchev–Trinajstić information content (AvgIpc) is 2.33. The Bertz CT molecular complexity index is 430. The highest BCUT2D eigenvalue weighted by Crippen LogP contribution is 2.22. The molecule has 0 amide bonds. The fraction of sp³-hybridized carbons (Fsp3) is 0.667. The third-order valence-electron chi connectivity index (χ3n) is 3.33. The molecule has 0 aromatic carbocycles. The SMILES string of the molecule is Cn1ccnc(N2CCCC(CCBr)C2)c1=O. The second-order valence-electron chi connectivity index (χ2n) is 4.60. The molecule has 1 unspecified atom stereocenters. The molecule has 94 valence electrons. The van der Waals surface area contributed by atoms with E-state index in [-0.39, 0.29) is 5.56 Å². The zero-order chi connectivity index (χ0) is 12.3. The number of aromatic nitrogens is 2. The van der Waals surface area contributed by atoms with Gasteiger partial charge >= 0.3 is 0 Å². The van der Waals surface area contributed by atoms with Gasteiger partial charge in [-0.25, -0.2) is 4.98 Å². The van der Waals surface area contributed by atoms with Crippen LogP contribution in [0.1, 0.15) is 19.3 Å². The van der Waals surface area contributed by atoms with Crippen LogP contribution in [0, 0.1) is 5.92 Å². The third kappa shape index (κ3) is 2.89.